The van der Waals surface area contributed by atoms with Crippen LogP contribution < -0.4 is 5.32 Å². The molecule has 1 aromatic carbocycles. The first-order valence-corrected chi connectivity index (χ1v) is 8.24. The zero-order chi connectivity index (χ0) is 15.7. The van der Waals surface area contributed by atoms with Gasteiger partial charge in [0.05, 0.1) is 0 Å². The summed E-state index contributed by atoms with van der Waals surface area (Å²) >= 11 is 0. The van der Waals surface area contributed by atoms with Crippen LogP contribution in [0.5, 0.6) is 0 Å². The largest absolute Gasteiger partial charge is 0.307 e. The lowest BCUT2D eigenvalue weighted by Gasteiger charge is -2.50. The third-order valence-corrected chi connectivity index (χ3v) is 4.51. The molecule has 1 aliphatic heterocycles. The van der Waals surface area contributed by atoms with Crippen molar-refractivity contribution in [3.63, 3.8) is 0 Å². The minimum absolute atomic E-state index is 0.229. The molecule has 1 fully saturated rings. The molecule has 1 heterocycles. The van der Waals surface area contributed by atoms with Crippen molar-refractivity contribution in [3.05, 3.63) is 35.9 Å². The van der Waals surface area contributed by atoms with Crippen LogP contribution in [0.1, 0.15) is 59.6 Å². The molecule has 1 saturated heterocycles. The van der Waals surface area contributed by atoms with Gasteiger partial charge in [-0.15, -0.1) is 0 Å². The number of hydrogen-bond donors (Lipinski definition) is 1. The molecular formula is C19H32N2. The normalized spacial score (nSPS) is 25.0. The highest BCUT2D eigenvalue weighted by Crippen LogP contribution is 2.35. The summed E-state index contributed by atoms with van der Waals surface area (Å²) in [5.74, 6) is 0. The quantitative estimate of drug-likeness (QED) is 0.895. The number of nitrogens with one attached hydrogen (secondary N) is 1. The fourth-order valence-electron chi connectivity index (χ4n) is 4.02. The van der Waals surface area contributed by atoms with Gasteiger partial charge in [-0.25, -0.2) is 0 Å². The molecule has 1 aliphatic rings. The first kappa shape index (κ1) is 16.5. The van der Waals surface area contributed by atoms with E-state index in [1.807, 2.05) is 0 Å². The first-order chi connectivity index (χ1) is 9.69. The fourth-order valence-corrected chi connectivity index (χ4v) is 4.02. The van der Waals surface area contributed by atoms with Crippen molar-refractivity contribution in [3.8, 4) is 0 Å². The lowest BCUT2D eigenvalue weighted by molar-refractivity contribution is 0.0131. The van der Waals surface area contributed by atoms with Gasteiger partial charge in [-0.2, -0.15) is 0 Å². The molecule has 0 radical (unpaired) electrons. The second-order valence-corrected chi connectivity index (χ2v) is 8.42. The molecule has 2 atom stereocenters. The summed E-state index contributed by atoms with van der Waals surface area (Å²) in [6, 6.07) is 11.9. The fraction of sp³-hybridized carbons (Fsp3) is 0.684. The molecule has 0 saturated carbocycles. The molecule has 2 heteroatoms. The van der Waals surface area contributed by atoms with Gasteiger partial charge in [-0.05, 0) is 38.2 Å². The smallest absolute Gasteiger partial charge is 0.0450 e. The van der Waals surface area contributed by atoms with Crippen LogP contribution in [0.4, 0.5) is 0 Å². The molecule has 1 aromatic rings. The van der Waals surface area contributed by atoms with E-state index < -0.39 is 0 Å². The van der Waals surface area contributed by atoms with Crippen LogP contribution >= 0.6 is 0 Å². The third kappa shape index (κ3) is 4.31. The van der Waals surface area contributed by atoms with Gasteiger partial charge in [0.15, 0.2) is 0 Å². The number of piperazine rings is 1. The molecule has 1 N–H and O–H groups in total. The van der Waals surface area contributed by atoms with E-state index in [1.54, 1.807) is 0 Å². The predicted octanol–water partition coefficient (Wildman–Crippen LogP) is 4.24. The van der Waals surface area contributed by atoms with Gasteiger partial charge in [-0.1, -0.05) is 51.1 Å². The summed E-state index contributed by atoms with van der Waals surface area (Å²) in [7, 11) is 0. The summed E-state index contributed by atoms with van der Waals surface area (Å²) in [4.78, 5) is 2.70. The third-order valence-electron chi connectivity index (χ3n) is 4.51. The van der Waals surface area contributed by atoms with E-state index in [-0.39, 0.29) is 5.54 Å². The van der Waals surface area contributed by atoms with E-state index in [9.17, 15) is 0 Å². The average molecular weight is 288 g/mol. The van der Waals surface area contributed by atoms with Gasteiger partial charge in [0.2, 0.25) is 0 Å². The summed E-state index contributed by atoms with van der Waals surface area (Å²) in [5, 5.41) is 3.71. The Morgan fingerprint density at radius 1 is 1.10 bits per heavy atom. The van der Waals surface area contributed by atoms with Gasteiger partial charge in [0.25, 0.3) is 0 Å². The zero-order valence-electron chi connectivity index (χ0n) is 14.6. The van der Waals surface area contributed by atoms with E-state index in [0.29, 0.717) is 17.5 Å². The monoisotopic (exact) mass is 288 g/mol. The number of hydrogen-bond acceptors (Lipinski definition) is 2. The summed E-state index contributed by atoms with van der Waals surface area (Å²) < 4.78 is 0. The number of benzene rings is 1. The van der Waals surface area contributed by atoms with Crippen LogP contribution in [-0.2, 0) is 0 Å². The SMILES string of the molecule is CC1CNC(c2ccccc2)CN1C(C)(C)CC(C)(C)C. The van der Waals surface area contributed by atoms with Crippen molar-refractivity contribution < 1.29 is 0 Å². The number of rotatable bonds is 3. The first-order valence-electron chi connectivity index (χ1n) is 8.24. The molecule has 2 rings (SSSR count). The molecule has 118 valence electrons. The standard InChI is InChI=1S/C19H32N2/c1-15-12-20-17(16-10-8-7-9-11-16)13-21(15)19(5,6)14-18(2,3)4/h7-11,15,17,20H,12-14H2,1-6H3. The van der Waals surface area contributed by atoms with Gasteiger partial charge < -0.3 is 5.32 Å². The summed E-state index contributed by atoms with van der Waals surface area (Å²) in [6.07, 6.45) is 1.21. The Labute approximate surface area is 130 Å². The predicted molar refractivity (Wildman–Crippen MR) is 91.5 cm³/mol. The van der Waals surface area contributed by atoms with E-state index in [0.717, 1.165) is 13.1 Å². The second kappa shape index (κ2) is 6.10. The lowest BCUT2D eigenvalue weighted by Crippen LogP contribution is -2.59. The molecule has 21 heavy (non-hydrogen) atoms. The van der Waals surface area contributed by atoms with E-state index in [2.05, 4.69) is 82.1 Å². The Morgan fingerprint density at radius 3 is 2.29 bits per heavy atom. The van der Waals surface area contributed by atoms with Gasteiger partial charge in [0, 0.05) is 30.7 Å². The van der Waals surface area contributed by atoms with Crippen molar-refractivity contribution in [1.82, 2.24) is 10.2 Å². The van der Waals surface area contributed by atoms with Crippen molar-refractivity contribution >= 4 is 0 Å². The zero-order valence-corrected chi connectivity index (χ0v) is 14.6. The topological polar surface area (TPSA) is 15.3 Å². The molecule has 0 spiro atoms. The van der Waals surface area contributed by atoms with Gasteiger partial charge >= 0.3 is 0 Å². The van der Waals surface area contributed by atoms with Gasteiger partial charge in [0.1, 0.15) is 0 Å². The highest BCUT2D eigenvalue weighted by atomic mass is 15.3. The van der Waals surface area contributed by atoms with Crippen molar-refractivity contribution in [2.75, 3.05) is 13.1 Å². The molecule has 0 bridgehead atoms. The van der Waals surface area contributed by atoms with Crippen LogP contribution in [0.2, 0.25) is 0 Å². The Bertz CT molecular complexity index is 444. The van der Waals surface area contributed by atoms with Crippen LogP contribution in [-0.4, -0.2) is 29.6 Å². The molecule has 0 amide bonds. The minimum Gasteiger partial charge on any atom is -0.307 e. The molecule has 2 unspecified atom stereocenters. The molecular weight excluding hydrogens is 256 g/mol. The maximum absolute atomic E-state index is 3.71. The van der Waals surface area contributed by atoms with Gasteiger partial charge in [-0.3, -0.25) is 4.90 Å². The maximum atomic E-state index is 3.71. The van der Waals surface area contributed by atoms with E-state index in [4.69, 9.17) is 0 Å². The lowest BCUT2D eigenvalue weighted by atomic mass is 9.79. The molecule has 0 aliphatic carbocycles. The highest BCUT2D eigenvalue weighted by Gasteiger charge is 2.37. The molecule has 0 aromatic heterocycles. The average Bonchev–Trinajstić information content (AvgIpc) is 2.37. The maximum Gasteiger partial charge on any atom is 0.0450 e. The van der Waals surface area contributed by atoms with Crippen LogP contribution in [0.15, 0.2) is 30.3 Å². The van der Waals surface area contributed by atoms with E-state index >= 15 is 0 Å². The minimum atomic E-state index is 0.229. The van der Waals surface area contributed by atoms with Crippen LogP contribution in [0.25, 0.3) is 0 Å². The van der Waals surface area contributed by atoms with Crippen molar-refractivity contribution in [2.24, 2.45) is 5.41 Å². The summed E-state index contributed by atoms with van der Waals surface area (Å²) in [5.41, 5.74) is 1.99. The number of nitrogens with zero attached hydrogens (tertiary/aromatic N) is 1. The summed E-state index contributed by atoms with van der Waals surface area (Å²) in [6.45, 7) is 16.3. The Balaban J connectivity index is 2.14. The Hall–Kier alpha value is -0.860. The van der Waals surface area contributed by atoms with Crippen LogP contribution in [0, 0.1) is 5.41 Å². The Kier molecular flexibility index (Phi) is 4.79. The molecule has 2 nitrogen and oxygen atoms in total. The second-order valence-electron chi connectivity index (χ2n) is 8.42. The van der Waals surface area contributed by atoms with E-state index in [1.165, 1.54) is 12.0 Å². The Morgan fingerprint density at radius 2 is 1.71 bits per heavy atom. The van der Waals surface area contributed by atoms with Crippen molar-refractivity contribution in [1.29, 1.82) is 0 Å². The highest BCUT2D eigenvalue weighted by molar-refractivity contribution is 5.20. The van der Waals surface area contributed by atoms with Crippen LogP contribution in [0.3, 0.4) is 0 Å². The van der Waals surface area contributed by atoms with Crippen molar-refractivity contribution in [2.45, 2.75) is 65.6 Å².